The van der Waals surface area contributed by atoms with Gasteiger partial charge in [-0.05, 0) is 65.1 Å². The number of fused-ring (bicyclic) bond motifs is 1. The van der Waals surface area contributed by atoms with E-state index in [9.17, 15) is 24.0 Å². The van der Waals surface area contributed by atoms with Crippen molar-refractivity contribution in [2.75, 3.05) is 11.9 Å². The Morgan fingerprint density at radius 3 is 2.40 bits per heavy atom. The van der Waals surface area contributed by atoms with Gasteiger partial charge in [0.1, 0.15) is 12.1 Å². The predicted octanol–water partition coefficient (Wildman–Crippen LogP) is 4.53. The van der Waals surface area contributed by atoms with Crippen LogP contribution >= 0.6 is 11.6 Å². The van der Waals surface area contributed by atoms with Crippen LogP contribution < -0.4 is 16.8 Å². The van der Waals surface area contributed by atoms with Crippen molar-refractivity contribution in [2.45, 2.75) is 57.2 Å². The molecule has 0 saturated carbocycles. The number of hydrogen-bond donors (Lipinski definition) is 3. The lowest BCUT2D eigenvalue weighted by Crippen LogP contribution is -2.52. The van der Waals surface area contributed by atoms with Crippen molar-refractivity contribution >= 4 is 57.6 Å². The molecule has 1 saturated heterocycles. The Morgan fingerprint density at radius 1 is 0.917 bits per heavy atom. The molecule has 0 spiro atoms. The fourth-order valence-electron chi connectivity index (χ4n) is 6.31. The lowest BCUT2D eigenvalue weighted by molar-refractivity contribution is -0.148. The summed E-state index contributed by atoms with van der Waals surface area (Å²) in [6, 6.07) is 24.9. The lowest BCUT2D eigenvalue weighted by atomic mass is 9.96. The maximum atomic E-state index is 14.7. The molecule has 1 heterocycles. The van der Waals surface area contributed by atoms with Crippen molar-refractivity contribution < 1.29 is 24.0 Å². The van der Waals surface area contributed by atoms with Gasteiger partial charge in [0.2, 0.25) is 23.6 Å². The predicted molar refractivity (Wildman–Crippen MR) is 185 cm³/mol. The normalized spacial score (nSPS) is 17.1. The third-order valence-electron chi connectivity index (χ3n) is 8.67. The summed E-state index contributed by atoms with van der Waals surface area (Å²) < 4.78 is 0. The number of benzene rings is 4. The van der Waals surface area contributed by atoms with E-state index in [0.29, 0.717) is 28.3 Å². The summed E-state index contributed by atoms with van der Waals surface area (Å²) in [4.78, 5) is 68.4. The lowest BCUT2D eigenvalue weighted by Gasteiger charge is -2.36. The molecule has 5 amide bonds. The van der Waals surface area contributed by atoms with Crippen molar-refractivity contribution in [1.29, 1.82) is 0 Å². The summed E-state index contributed by atoms with van der Waals surface area (Å²) in [5.41, 5.74) is 13.6. The summed E-state index contributed by atoms with van der Waals surface area (Å²) in [7, 11) is 0. The monoisotopic (exact) mass is 667 g/mol. The van der Waals surface area contributed by atoms with Crippen LogP contribution in [0.5, 0.6) is 0 Å². The first-order chi connectivity index (χ1) is 23.0. The molecular weight excluding hydrogens is 630 g/mol. The molecule has 0 unspecified atom stereocenters. The van der Waals surface area contributed by atoms with E-state index < -0.39 is 35.8 Å². The quantitative estimate of drug-likeness (QED) is 0.214. The Labute approximate surface area is 284 Å². The second-order valence-electron chi connectivity index (χ2n) is 12.1. The van der Waals surface area contributed by atoms with Crippen LogP contribution in [-0.2, 0) is 36.8 Å². The number of carbonyl (C=O) groups is 5. The van der Waals surface area contributed by atoms with Crippen LogP contribution in [0.4, 0.5) is 5.69 Å². The average molecular weight is 668 g/mol. The molecule has 4 aromatic rings. The average Bonchev–Trinajstić information content (AvgIpc) is 3.18. The molecule has 248 valence electrons. The molecule has 1 fully saturated rings. The minimum Gasteiger partial charge on any atom is -0.370 e. The molecule has 1 aliphatic rings. The van der Waals surface area contributed by atoms with Gasteiger partial charge in [-0.2, -0.15) is 0 Å². The molecule has 4 aromatic carbocycles. The highest BCUT2D eigenvalue weighted by molar-refractivity contribution is 6.30. The number of carbonyl (C=O) groups excluding carboxylic acids is 5. The van der Waals surface area contributed by atoms with E-state index in [4.69, 9.17) is 23.1 Å². The second-order valence-corrected chi connectivity index (χ2v) is 12.5. The van der Waals surface area contributed by atoms with Gasteiger partial charge in [-0.15, -0.1) is 0 Å². The molecule has 0 aromatic heterocycles. The molecule has 11 heteroatoms. The fraction of sp³-hybridized carbons (Fsp3) is 0.270. The van der Waals surface area contributed by atoms with E-state index in [1.165, 1.54) is 4.90 Å². The molecule has 5 N–H and O–H groups in total. The Hall–Kier alpha value is -5.22. The molecule has 3 atom stereocenters. The Bertz CT molecular complexity index is 1860. The Kier molecular flexibility index (Phi) is 10.8. The van der Waals surface area contributed by atoms with Gasteiger partial charge in [-0.1, -0.05) is 78.3 Å². The Morgan fingerprint density at radius 2 is 1.65 bits per heavy atom. The van der Waals surface area contributed by atoms with Gasteiger partial charge in [0.05, 0.1) is 6.42 Å². The molecular formula is C37H38ClN5O5. The second kappa shape index (κ2) is 15.1. The van der Waals surface area contributed by atoms with Crippen molar-refractivity contribution in [2.24, 2.45) is 11.5 Å². The summed E-state index contributed by atoms with van der Waals surface area (Å²) >= 11 is 6.39. The van der Waals surface area contributed by atoms with Crippen LogP contribution in [0.1, 0.15) is 48.9 Å². The highest BCUT2D eigenvalue weighted by Gasteiger charge is 2.43. The number of hydrogen-bond acceptors (Lipinski definition) is 5. The van der Waals surface area contributed by atoms with E-state index in [2.05, 4.69) is 5.32 Å². The first-order valence-electron chi connectivity index (χ1n) is 15.8. The number of amides is 5. The number of anilines is 1. The third kappa shape index (κ3) is 8.01. The molecule has 5 rings (SSSR count). The van der Waals surface area contributed by atoms with Crippen LogP contribution in [0.15, 0.2) is 91.0 Å². The summed E-state index contributed by atoms with van der Waals surface area (Å²) in [5, 5.41) is 5.11. The third-order valence-corrected chi connectivity index (χ3v) is 8.91. The highest BCUT2D eigenvalue weighted by atomic mass is 35.5. The maximum absolute atomic E-state index is 14.7. The van der Waals surface area contributed by atoms with Gasteiger partial charge in [0.15, 0.2) is 0 Å². The van der Waals surface area contributed by atoms with Gasteiger partial charge in [-0.3, -0.25) is 24.0 Å². The standard InChI is InChI=1S/C37H38ClN5O5/c1-23-17-18-42(31(36(40)47)22-26-10-5-9-25-8-2-3-14-30(25)26)37(48)35(27-11-6-12-28(38)21-27)43(23)34(46)20-24-7-4-13-29(19-24)41-33(45)16-15-32(39)44/h2-14,19,21,23,31,35H,15-18,20,22H2,1H3,(H2,39,44)(H2,40,47)(H,41,45)/t23-,31-,35+/m1/s1. The van der Waals surface area contributed by atoms with Crippen LogP contribution in [0, 0.1) is 0 Å². The van der Waals surface area contributed by atoms with Crippen LogP contribution in [-0.4, -0.2) is 58.0 Å². The SMILES string of the molecule is C[C@@H]1CCN([C@H](Cc2cccc3ccccc23)C(N)=O)C(=O)[C@H](c2cccc(Cl)c2)N1C(=O)Cc1cccc(NC(=O)CCC(N)=O)c1. The van der Waals surface area contributed by atoms with Gasteiger partial charge >= 0.3 is 0 Å². The molecule has 10 nitrogen and oxygen atoms in total. The number of rotatable bonds is 11. The number of primary amides is 2. The highest BCUT2D eigenvalue weighted by Crippen LogP contribution is 2.34. The zero-order valence-electron chi connectivity index (χ0n) is 26.6. The molecule has 0 bridgehead atoms. The molecule has 0 radical (unpaired) electrons. The smallest absolute Gasteiger partial charge is 0.250 e. The topological polar surface area (TPSA) is 156 Å². The van der Waals surface area contributed by atoms with Crippen molar-refractivity contribution in [3.63, 3.8) is 0 Å². The van der Waals surface area contributed by atoms with Gasteiger partial charge in [0.25, 0.3) is 5.91 Å². The van der Waals surface area contributed by atoms with Crippen molar-refractivity contribution in [3.05, 3.63) is 113 Å². The van der Waals surface area contributed by atoms with Crippen molar-refractivity contribution in [3.8, 4) is 0 Å². The van der Waals surface area contributed by atoms with Crippen LogP contribution in [0.3, 0.4) is 0 Å². The zero-order valence-corrected chi connectivity index (χ0v) is 27.4. The number of halogens is 1. The summed E-state index contributed by atoms with van der Waals surface area (Å²) in [5.74, 6) is -2.32. The van der Waals surface area contributed by atoms with Gasteiger partial charge in [0, 0.05) is 42.6 Å². The zero-order chi connectivity index (χ0) is 34.4. The van der Waals surface area contributed by atoms with Gasteiger partial charge in [-0.25, -0.2) is 0 Å². The molecule has 1 aliphatic heterocycles. The minimum atomic E-state index is -1.07. The summed E-state index contributed by atoms with van der Waals surface area (Å²) in [6.45, 7) is 2.09. The molecule has 0 aliphatic carbocycles. The number of nitrogens with one attached hydrogen (secondary N) is 1. The van der Waals surface area contributed by atoms with Crippen LogP contribution in [0.2, 0.25) is 5.02 Å². The van der Waals surface area contributed by atoms with E-state index >= 15 is 0 Å². The molecule has 48 heavy (non-hydrogen) atoms. The first kappa shape index (κ1) is 34.1. The fourth-order valence-corrected chi connectivity index (χ4v) is 6.51. The Balaban J connectivity index is 1.46. The van der Waals surface area contributed by atoms with Crippen molar-refractivity contribution in [1.82, 2.24) is 9.80 Å². The first-order valence-corrected chi connectivity index (χ1v) is 16.2. The van der Waals surface area contributed by atoms with E-state index in [0.717, 1.165) is 16.3 Å². The van der Waals surface area contributed by atoms with E-state index in [1.807, 2.05) is 49.4 Å². The van der Waals surface area contributed by atoms with Crippen LogP contribution in [0.25, 0.3) is 10.8 Å². The largest absolute Gasteiger partial charge is 0.370 e. The maximum Gasteiger partial charge on any atom is 0.250 e. The van der Waals surface area contributed by atoms with E-state index in [1.54, 1.807) is 53.4 Å². The summed E-state index contributed by atoms with van der Waals surface area (Å²) in [6.07, 6.45) is 0.422. The van der Waals surface area contributed by atoms with E-state index in [-0.39, 0.29) is 44.0 Å². The minimum absolute atomic E-state index is 0.0590. The number of nitrogens with two attached hydrogens (primary N) is 2. The van der Waals surface area contributed by atoms with Gasteiger partial charge < -0.3 is 26.6 Å². The number of nitrogens with zero attached hydrogens (tertiary/aromatic N) is 2.